The van der Waals surface area contributed by atoms with Crippen LogP contribution in [0.25, 0.3) is 0 Å². The average molecular weight is 352 g/mol. The molecular weight excluding hydrogens is 324 g/mol. The topological polar surface area (TPSA) is 35.5 Å². The van der Waals surface area contributed by atoms with Gasteiger partial charge in [0.25, 0.3) is 0 Å². The zero-order chi connectivity index (χ0) is 19.2. The van der Waals surface area contributed by atoms with E-state index in [2.05, 4.69) is 24.3 Å². The molecule has 0 bridgehead atoms. The predicted molar refractivity (Wildman–Crippen MR) is 106 cm³/mol. The largest absolute Gasteiger partial charge is 0.497 e. The summed E-state index contributed by atoms with van der Waals surface area (Å²) < 4.78 is 10.7. The third-order valence-electron chi connectivity index (χ3n) is 4.23. The number of rotatable bonds is 6. The number of hydrogen-bond donors (Lipinski definition) is 0. The number of methoxy groups -OCH3 is 1. The fourth-order valence-electron chi connectivity index (χ4n) is 2.60. The Morgan fingerprint density at radius 3 is 1.88 bits per heavy atom. The first-order valence-electron chi connectivity index (χ1n) is 8.92. The van der Waals surface area contributed by atoms with Gasteiger partial charge >= 0.3 is 5.97 Å². The Balaban J connectivity index is 2.23. The van der Waals surface area contributed by atoms with Crippen molar-refractivity contribution in [2.24, 2.45) is 5.41 Å². The summed E-state index contributed by atoms with van der Waals surface area (Å²) in [7, 11) is 1.67. The van der Waals surface area contributed by atoms with E-state index in [1.807, 2.05) is 64.1 Å². The van der Waals surface area contributed by atoms with Gasteiger partial charge in [0.15, 0.2) is 0 Å². The summed E-state index contributed by atoms with van der Waals surface area (Å²) in [5.41, 5.74) is 1.89. The van der Waals surface area contributed by atoms with Gasteiger partial charge < -0.3 is 9.47 Å². The quantitative estimate of drug-likeness (QED) is 0.377. The molecule has 0 fully saturated rings. The molecule has 2 rings (SSSR count). The van der Waals surface area contributed by atoms with E-state index < -0.39 is 5.41 Å². The monoisotopic (exact) mass is 352 g/mol. The van der Waals surface area contributed by atoms with E-state index in [0.717, 1.165) is 12.2 Å². The number of benzene rings is 2. The van der Waals surface area contributed by atoms with E-state index >= 15 is 0 Å². The highest BCUT2D eigenvalue weighted by Gasteiger charge is 2.23. The van der Waals surface area contributed by atoms with Crippen LogP contribution in [0.15, 0.2) is 60.7 Å². The molecule has 0 aliphatic rings. The number of carbonyl (C=O) groups is 1. The molecule has 1 atom stereocenters. The Labute approximate surface area is 156 Å². The van der Waals surface area contributed by atoms with E-state index in [0.29, 0.717) is 5.75 Å². The SMILES string of the molecule is C/C=C/CC(c1ccc(OC)cc1)c1ccc(OC(=O)C(C)(C)C)cc1. The third-order valence-corrected chi connectivity index (χ3v) is 4.23. The van der Waals surface area contributed by atoms with E-state index in [4.69, 9.17) is 9.47 Å². The summed E-state index contributed by atoms with van der Waals surface area (Å²) in [5, 5.41) is 0. The first-order chi connectivity index (χ1) is 12.3. The lowest BCUT2D eigenvalue weighted by molar-refractivity contribution is -0.142. The molecular formula is C23H28O3. The molecule has 0 aliphatic carbocycles. The van der Waals surface area contributed by atoms with Gasteiger partial charge in [-0.2, -0.15) is 0 Å². The summed E-state index contributed by atoms with van der Waals surface area (Å²) in [4.78, 5) is 12.0. The zero-order valence-electron chi connectivity index (χ0n) is 16.3. The lowest BCUT2D eigenvalue weighted by atomic mass is 9.88. The van der Waals surface area contributed by atoms with Crippen LogP contribution in [0.4, 0.5) is 0 Å². The standard InChI is InChI=1S/C23H28O3/c1-6-7-8-21(17-9-13-19(25-5)14-10-17)18-11-15-20(16-12-18)26-22(24)23(2,3)4/h6-7,9-16,21H,8H2,1-5H3/b7-6+. The van der Waals surface area contributed by atoms with Gasteiger partial charge in [-0.05, 0) is 69.5 Å². The molecule has 0 N–H and O–H groups in total. The highest BCUT2D eigenvalue weighted by atomic mass is 16.5. The van der Waals surface area contributed by atoms with E-state index in [9.17, 15) is 4.79 Å². The first-order valence-corrected chi connectivity index (χ1v) is 8.92. The molecule has 138 valence electrons. The van der Waals surface area contributed by atoms with Crippen LogP contribution in [0.2, 0.25) is 0 Å². The van der Waals surface area contributed by atoms with Crippen LogP contribution in [0.5, 0.6) is 11.5 Å². The van der Waals surface area contributed by atoms with Crippen LogP contribution in [0.1, 0.15) is 51.2 Å². The molecule has 0 saturated carbocycles. The Bertz CT molecular complexity index is 735. The maximum Gasteiger partial charge on any atom is 0.316 e. The predicted octanol–water partition coefficient (Wildman–Crippen LogP) is 5.74. The minimum Gasteiger partial charge on any atom is -0.497 e. The van der Waals surface area contributed by atoms with Crippen LogP contribution in [-0.4, -0.2) is 13.1 Å². The number of carbonyl (C=O) groups excluding carboxylic acids is 1. The van der Waals surface area contributed by atoms with E-state index in [-0.39, 0.29) is 11.9 Å². The highest BCUT2D eigenvalue weighted by Crippen LogP contribution is 2.31. The number of hydrogen-bond acceptors (Lipinski definition) is 3. The van der Waals surface area contributed by atoms with Gasteiger partial charge in [-0.3, -0.25) is 4.79 Å². The molecule has 0 radical (unpaired) electrons. The molecule has 0 heterocycles. The zero-order valence-corrected chi connectivity index (χ0v) is 16.3. The molecule has 1 unspecified atom stereocenters. The van der Waals surface area contributed by atoms with Crippen molar-refractivity contribution in [2.75, 3.05) is 7.11 Å². The van der Waals surface area contributed by atoms with Crippen molar-refractivity contribution in [3.8, 4) is 11.5 Å². The molecule has 0 amide bonds. The van der Waals surface area contributed by atoms with Crippen molar-refractivity contribution in [2.45, 2.75) is 40.0 Å². The summed E-state index contributed by atoms with van der Waals surface area (Å²) in [6, 6.07) is 16.0. The van der Waals surface area contributed by atoms with E-state index in [1.54, 1.807) is 7.11 Å². The molecule has 3 heteroatoms. The van der Waals surface area contributed by atoms with Crippen LogP contribution >= 0.6 is 0 Å². The second kappa shape index (κ2) is 8.70. The lowest BCUT2D eigenvalue weighted by Crippen LogP contribution is -2.25. The Hall–Kier alpha value is -2.55. The second-order valence-corrected chi connectivity index (χ2v) is 7.34. The van der Waals surface area contributed by atoms with Crippen molar-refractivity contribution >= 4 is 5.97 Å². The van der Waals surface area contributed by atoms with Crippen LogP contribution in [0.3, 0.4) is 0 Å². The highest BCUT2D eigenvalue weighted by molar-refractivity contribution is 5.77. The summed E-state index contributed by atoms with van der Waals surface area (Å²) in [6.07, 6.45) is 5.14. The molecule has 0 aromatic heterocycles. The van der Waals surface area contributed by atoms with Crippen molar-refractivity contribution in [1.82, 2.24) is 0 Å². The second-order valence-electron chi connectivity index (χ2n) is 7.34. The molecule has 2 aromatic rings. The maximum absolute atomic E-state index is 12.0. The van der Waals surface area contributed by atoms with Gasteiger partial charge in [0.05, 0.1) is 12.5 Å². The van der Waals surface area contributed by atoms with Crippen molar-refractivity contribution < 1.29 is 14.3 Å². The van der Waals surface area contributed by atoms with Gasteiger partial charge in [-0.1, -0.05) is 36.4 Å². The smallest absolute Gasteiger partial charge is 0.316 e. The van der Waals surface area contributed by atoms with Crippen LogP contribution in [0, 0.1) is 5.41 Å². The van der Waals surface area contributed by atoms with Crippen LogP contribution in [-0.2, 0) is 4.79 Å². The fraction of sp³-hybridized carbons (Fsp3) is 0.348. The Morgan fingerprint density at radius 2 is 1.46 bits per heavy atom. The molecule has 0 aliphatic heterocycles. The van der Waals surface area contributed by atoms with Gasteiger partial charge in [0, 0.05) is 5.92 Å². The molecule has 0 spiro atoms. The van der Waals surface area contributed by atoms with Gasteiger partial charge in [0.1, 0.15) is 11.5 Å². The van der Waals surface area contributed by atoms with Crippen molar-refractivity contribution in [1.29, 1.82) is 0 Å². The van der Waals surface area contributed by atoms with Crippen molar-refractivity contribution in [3.63, 3.8) is 0 Å². The average Bonchev–Trinajstić information content (AvgIpc) is 2.63. The van der Waals surface area contributed by atoms with Gasteiger partial charge in [-0.25, -0.2) is 0 Å². The van der Waals surface area contributed by atoms with Crippen LogP contribution < -0.4 is 9.47 Å². The van der Waals surface area contributed by atoms with Gasteiger partial charge in [-0.15, -0.1) is 0 Å². The molecule has 2 aromatic carbocycles. The first kappa shape index (κ1) is 19.8. The third kappa shape index (κ3) is 5.22. The number of esters is 1. The fourth-order valence-corrected chi connectivity index (χ4v) is 2.60. The summed E-state index contributed by atoms with van der Waals surface area (Å²) >= 11 is 0. The van der Waals surface area contributed by atoms with Crippen molar-refractivity contribution in [3.05, 3.63) is 71.8 Å². The lowest BCUT2D eigenvalue weighted by Gasteiger charge is -2.19. The van der Waals surface area contributed by atoms with E-state index in [1.165, 1.54) is 11.1 Å². The Morgan fingerprint density at radius 1 is 0.962 bits per heavy atom. The summed E-state index contributed by atoms with van der Waals surface area (Å²) in [6.45, 7) is 7.57. The minimum absolute atomic E-state index is 0.231. The molecule has 3 nitrogen and oxygen atoms in total. The summed E-state index contributed by atoms with van der Waals surface area (Å²) in [5.74, 6) is 1.44. The molecule has 0 saturated heterocycles. The number of allylic oxidation sites excluding steroid dienone is 2. The minimum atomic E-state index is -0.518. The molecule has 26 heavy (non-hydrogen) atoms. The number of ether oxygens (including phenoxy) is 2. The Kier molecular flexibility index (Phi) is 6.62. The van der Waals surface area contributed by atoms with Gasteiger partial charge in [0.2, 0.25) is 0 Å². The maximum atomic E-state index is 12.0. The normalized spacial score (nSPS) is 12.8.